The van der Waals surface area contributed by atoms with E-state index in [1.54, 1.807) is 12.1 Å². The van der Waals surface area contributed by atoms with Crippen LogP contribution in [0, 0.1) is 11.2 Å². The molecular weight excluding hydrogens is 415 g/mol. The summed E-state index contributed by atoms with van der Waals surface area (Å²) in [5.41, 5.74) is 5.64. The molecule has 0 aliphatic carbocycles. The summed E-state index contributed by atoms with van der Waals surface area (Å²) in [6.45, 7) is 5.60. The highest BCUT2D eigenvalue weighted by molar-refractivity contribution is 5.91. The van der Waals surface area contributed by atoms with Crippen LogP contribution >= 0.6 is 0 Å². The molecule has 0 spiro atoms. The predicted octanol–water partition coefficient (Wildman–Crippen LogP) is 6.07. The molecule has 0 saturated carbocycles. The van der Waals surface area contributed by atoms with E-state index < -0.39 is 0 Å². The topological polar surface area (TPSA) is 47.1 Å². The van der Waals surface area contributed by atoms with Crippen LogP contribution in [0.25, 0.3) is 28.1 Å². The van der Waals surface area contributed by atoms with Gasteiger partial charge in [-0.2, -0.15) is 4.98 Å². The van der Waals surface area contributed by atoms with Gasteiger partial charge < -0.3 is 9.09 Å². The van der Waals surface area contributed by atoms with Gasteiger partial charge in [-0.1, -0.05) is 37.2 Å². The molecule has 0 radical (unpaired) electrons. The monoisotopic (exact) mass is 442 g/mol. The number of rotatable bonds is 4. The third-order valence-electron chi connectivity index (χ3n) is 7.71. The van der Waals surface area contributed by atoms with Crippen LogP contribution in [-0.4, -0.2) is 33.2 Å². The molecular formula is C27H27FN4O. The van der Waals surface area contributed by atoms with Gasteiger partial charge in [-0.3, -0.25) is 4.90 Å². The number of para-hydroxylation sites is 1. The van der Waals surface area contributed by atoms with E-state index >= 15 is 0 Å². The minimum Gasteiger partial charge on any atom is -0.334 e. The number of aromatic nitrogens is 3. The quantitative estimate of drug-likeness (QED) is 0.385. The van der Waals surface area contributed by atoms with Crippen LogP contribution in [-0.2, 0) is 6.42 Å². The Morgan fingerprint density at radius 2 is 1.85 bits per heavy atom. The fraction of sp³-hybridized carbons (Fsp3) is 0.333. The second kappa shape index (κ2) is 7.39. The van der Waals surface area contributed by atoms with Crippen molar-refractivity contribution in [3.05, 3.63) is 77.5 Å². The molecule has 4 aromatic rings. The van der Waals surface area contributed by atoms with Crippen molar-refractivity contribution in [2.24, 2.45) is 5.41 Å². The van der Waals surface area contributed by atoms with Gasteiger partial charge in [-0.05, 0) is 68.3 Å². The van der Waals surface area contributed by atoms with Gasteiger partial charge in [-0.25, -0.2) is 4.39 Å². The Bertz CT molecular complexity index is 1380. The van der Waals surface area contributed by atoms with E-state index in [9.17, 15) is 4.39 Å². The Morgan fingerprint density at radius 1 is 1.09 bits per heavy atom. The standard InChI is InChI=1S/C27H27FN4O/c1-4-27(5-2)16-22(25-29-26(33-30-25)17-10-12-18(28)13-11-17)32-21-9-7-6-8-19(21)20-14-15-31(3)24(27)23(20)32/h6-13,16,24H,4-5,14-15H2,1-3H3/t24-/m1/s1. The fourth-order valence-corrected chi connectivity index (χ4v) is 5.93. The highest BCUT2D eigenvalue weighted by atomic mass is 19.1. The van der Waals surface area contributed by atoms with E-state index in [1.807, 2.05) is 0 Å². The first-order valence-electron chi connectivity index (χ1n) is 11.7. The van der Waals surface area contributed by atoms with Gasteiger partial charge in [0.15, 0.2) is 0 Å². The molecule has 0 bridgehead atoms. The molecule has 6 heteroatoms. The summed E-state index contributed by atoms with van der Waals surface area (Å²) in [5, 5.41) is 5.70. The van der Waals surface area contributed by atoms with Crippen molar-refractivity contribution in [2.45, 2.75) is 39.2 Å². The molecule has 2 aliphatic heterocycles. The molecule has 2 aromatic carbocycles. The predicted molar refractivity (Wildman–Crippen MR) is 127 cm³/mol. The molecule has 1 atom stereocenters. The SMILES string of the molecule is CCC1(CC)C=C(c2noc(-c3ccc(F)cc3)n2)n2c3c(c4ccccc42)CCN(C)[C@H]31. The Kier molecular flexibility index (Phi) is 4.56. The maximum Gasteiger partial charge on any atom is 0.258 e. The van der Waals surface area contributed by atoms with E-state index in [4.69, 9.17) is 9.51 Å². The third-order valence-corrected chi connectivity index (χ3v) is 7.71. The zero-order valence-electron chi connectivity index (χ0n) is 19.2. The fourth-order valence-electron chi connectivity index (χ4n) is 5.93. The number of benzene rings is 2. The van der Waals surface area contributed by atoms with Gasteiger partial charge in [0.1, 0.15) is 5.82 Å². The van der Waals surface area contributed by atoms with E-state index in [0.717, 1.165) is 31.5 Å². The van der Waals surface area contributed by atoms with Gasteiger partial charge in [0.25, 0.3) is 5.89 Å². The summed E-state index contributed by atoms with van der Waals surface area (Å²) in [6.07, 6.45) is 5.44. The Balaban J connectivity index is 1.61. The van der Waals surface area contributed by atoms with Gasteiger partial charge in [0.05, 0.1) is 17.3 Å². The lowest BCUT2D eigenvalue weighted by atomic mass is 9.69. The van der Waals surface area contributed by atoms with Crippen molar-refractivity contribution in [1.82, 2.24) is 19.6 Å². The van der Waals surface area contributed by atoms with Crippen LogP contribution in [0.2, 0.25) is 0 Å². The lowest BCUT2D eigenvalue weighted by Gasteiger charge is -2.48. The Labute approximate surface area is 192 Å². The number of nitrogens with zero attached hydrogens (tertiary/aromatic N) is 4. The molecule has 0 amide bonds. The van der Waals surface area contributed by atoms with Crippen LogP contribution in [0.15, 0.2) is 59.1 Å². The number of hydrogen-bond acceptors (Lipinski definition) is 4. The second-order valence-corrected chi connectivity index (χ2v) is 9.25. The summed E-state index contributed by atoms with van der Waals surface area (Å²) < 4.78 is 21.4. The molecule has 168 valence electrons. The molecule has 6 rings (SSSR count). The van der Waals surface area contributed by atoms with Crippen LogP contribution in [0.1, 0.15) is 49.8 Å². The zero-order valence-corrected chi connectivity index (χ0v) is 19.2. The van der Waals surface area contributed by atoms with E-state index in [0.29, 0.717) is 23.3 Å². The van der Waals surface area contributed by atoms with E-state index in [1.165, 1.54) is 34.3 Å². The summed E-state index contributed by atoms with van der Waals surface area (Å²) in [7, 11) is 2.25. The van der Waals surface area contributed by atoms with Crippen LogP contribution < -0.4 is 0 Å². The highest BCUT2D eigenvalue weighted by Crippen LogP contribution is 2.54. The van der Waals surface area contributed by atoms with Gasteiger partial charge >= 0.3 is 0 Å². The summed E-state index contributed by atoms with van der Waals surface area (Å²) in [5.74, 6) is 0.676. The van der Waals surface area contributed by atoms with E-state index in [2.05, 4.69) is 65.9 Å². The van der Waals surface area contributed by atoms with Gasteiger partial charge in [-0.15, -0.1) is 0 Å². The minimum atomic E-state index is -0.287. The minimum absolute atomic E-state index is 0.0275. The molecule has 2 aliphatic rings. The van der Waals surface area contributed by atoms with Crippen molar-refractivity contribution < 1.29 is 8.91 Å². The maximum absolute atomic E-state index is 13.4. The van der Waals surface area contributed by atoms with Crippen molar-refractivity contribution in [3.63, 3.8) is 0 Å². The normalized spacial score (nSPS) is 19.5. The molecule has 0 saturated heterocycles. The Morgan fingerprint density at radius 3 is 2.61 bits per heavy atom. The molecule has 0 unspecified atom stereocenters. The smallest absolute Gasteiger partial charge is 0.258 e. The number of halogens is 1. The molecule has 33 heavy (non-hydrogen) atoms. The van der Waals surface area contributed by atoms with Crippen molar-refractivity contribution in [2.75, 3.05) is 13.6 Å². The first-order valence-corrected chi connectivity index (χ1v) is 11.7. The molecule has 0 N–H and O–H groups in total. The molecule has 4 heterocycles. The lowest BCUT2D eigenvalue weighted by Crippen LogP contribution is -2.45. The first kappa shape index (κ1) is 20.4. The van der Waals surface area contributed by atoms with Crippen molar-refractivity contribution in [1.29, 1.82) is 0 Å². The lowest BCUT2D eigenvalue weighted by molar-refractivity contribution is 0.0941. The summed E-state index contributed by atoms with van der Waals surface area (Å²) in [4.78, 5) is 7.28. The first-order chi connectivity index (χ1) is 16.1. The van der Waals surface area contributed by atoms with Gasteiger partial charge in [0, 0.05) is 28.6 Å². The second-order valence-electron chi connectivity index (χ2n) is 9.25. The Hall–Kier alpha value is -3.25. The number of fused-ring (bicyclic) bond motifs is 3. The summed E-state index contributed by atoms with van der Waals surface area (Å²) >= 11 is 0. The zero-order chi connectivity index (χ0) is 22.7. The van der Waals surface area contributed by atoms with Crippen LogP contribution in [0.4, 0.5) is 4.39 Å². The average molecular weight is 443 g/mol. The largest absolute Gasteiger partial charge is 0.334 e. The molecule has 2 aromatic heterocycles. The highest BCUT2D eigenvalue weighted by Gasteiger charge is 2.47. The average Bonchev–Trinajstić information content (AvgIpc) is 3.46. The van der Waals surface area contributed by atoms with Crippen molar-refractivity contribution in [3.8, 4) is 11.5 Å². The van der Waals surface area contributed by atoms with Crippen LogP contribution in [0.3, 0.4) is 0 Å². The molecule has 5 nitrogen and oxygen atoms in total. The number of hydrogen-bond donors (Lipinski definition) is 0. The van der Waals surface area contributed by atoms with Gasteiger partial charge in [0.2, 0.25) is 5.82 Å². The summed E-state index contributed by atoms with van der Waals surface area (Å²) in [6, 6.07) is 15.1. The van der Waals surface area contributed by atoms with E-state index in [-0.39, 0.29) is 11.2 Å². The third kappa shape index (κ3) is 2.86. The van der Waals surface area contributed by atoms with Crippen LogP contribution in [0.5, 0.6) is 0 Å². The number of likely N-dealkylation sites (N-methyl/N-ethyl adjacent to an activating group) is 1. The molecule has 0 fully saturated rings. The van der Waals surface area contributed by atoms with Crippen molar-refractivity contribution >= 4 is 16.6 Å². The maximum atomic E-state index is 13.4.